The molecule has 0 heterocycles. The molecule has 0 aromatic heterocycles. The Hall–Kier alpha value is -0.730. The van der Waals surface area contributed by atoms with Crippen LogP contribution in [0.5, 0.6) is 0 Å². The molecule has 0 aliphatic carbocycles. The van der Waals surface area contributed by atoms with E-state index in [0.29, 0.717) is 0 Å². The molecule has 78 valence electrons. The first kappa shape index (κ1) is 12.3. The first-order chi connectivity index (χ1) is 5.90. The van der Waals surface area contributed by atoms with Gasteiger partial charge in [-0.25, -0.2) is 4.79 Å². The summed E-state index contributed by atoms with van der Waals surface area (Å²) >= 11 is 0. The summed E-state index contributed by atoms with van der Waals surface area (Å²) in [6.07, 6.45) is 1.00. The van der Waals surface area contributed by atoms with Crippen molar-refractivity contribution in [3.8, 4) is 0 Å². The zero-order chi connectivity index (χ0) is 10.5. The Labute approximate surface area is 81.5 Å². The molecule has 0 saturated carbocycles. The maximum atomic E-state index is 11.4. The number of rotatable bonds is 3. The van der Waals surface area contributed by atoms with E-state index in [1.807, 2.05) is 4.90 Å². The van der Waals surface area contributed by atoms with Gasteiger partial charge in [-0.2, -0.15) is 0 Å². The van der Waals surface area contributed by atoms with Crippen LogP contribution >= 0.6 is 0 Å². The van der Waals surface area contributed by atoms with E-state index < -0.39 is 0 Å². The summed E-state index contributed by atoms with van der Waals surface area (Å²) < 4.78 is 0. The molecule has 0 aliphatic heterocycles. The standard InChI is InChI=1S/C10H22N2O/c1-6-7-12(9(13)11-5)8-10(2,3)4/h6-8H2,1-5H3,(H,11,13). The molecule has 0 aromatic rings. The second kappa shape index (κ2) is 5.10. The molecule has 0 bridgehead atoms. The third-order valence-electron chi connectivity index (χ3n) is 1.66. The van der Waals surface area contributed by atoms with Gasteiger partial charge in [0.1, 0.15) is 0 Å². The number of hydrogen-bond acceptors (Lipinski definition) is 1. The van der Waals surface area contributed by atoms with Gasteiger partial charge in [0, 0.05) is 20.1 Å². The summed E-state index contributed by atoms with van der Waals surface area (Å²) in [6.45, 7) is 10.1. The maximum absolute atomic E-state index is 11.4. The van der Waals surface area contributed by atoms with Gasteiger partial charge in [-0.05, 0) is 11.8 Å². The number of nitrogens with one attached hydrogen (secondary N) is 1. The third-order valence-corrected chi connectivity index (χ3v) is 1.66. The molecule has 0 spiro atoms. The molecular weight excluding hydrogens is 164 g/mol. The molecule has 0 aromatic carbocycles. The lowest BCUT2D eigenvalue weighted by molar-refractivity contribution is 0.175. The molecular formula is C10H22N2O. The van der Waals surface area contributed by atoms with Crippen molar-refractivity contribution in [3.05, 3.63) is 0 Å². The van der Waals surface area contributed by atoms with Crippen molar-refractivity contribution in [1.82, 2.24) is 10.2 Å². The van der Waals surface area contributed by atoms with Crippen LogP contribution in [0.2, 0.25) is 0 Å². The quantitative estimate of drug-likeness (QED) is 0.719. The monoisotopic (exact) mass is 186 g/mol. The first-order valence-corrected chi connectivity index (χ1v) is 4.87. The van der Waals surface area contributed by atoms with Gasteiger partial charge in [0.05, 0.1) is 0 Å². The molecule has 0 aliphatic rings. The highest BCUT2D eigenvalue weighted by Crippen LogP contribution is 2.15. The van der Waals surface area contributed by atoms with Crippen LogP contribution in [0.15, 0.2) is 0 Å². The minimum atomic E-state index is 0.0248. The molecule has 0 rings (SSSR count). The molecule has 3 nitrogen and oxygen atoms in total. The second-order valence-corrected chi connectivity index (χ2v) is 4.54. The van der Waals surface area contributed by atoms with E-state index in [0.717, 1.165) is 19.5 Å². The molecule has 0 unspecified atom stereocenters. The Kier molecular flexibility index (Phi) is 4.81. The molecule has 2 amide bonds. The molecule has 0 fully saturated rings. The van der Waals surface area contributed by atoms with Gasteiger partial charge in [-0.1, -0.05) is 27.7 Å². The fraction of sp³-hybridized carbons (Fsp3) is 0.900. The van der Waals surface area contributed by atoms with Crippen molar-refractivity contribution in [1.29, 1.82) is 0 Å². The van der Waals surface area contributed by atoms with Gasteiger partial charge in [0.2, 0.25) is 0 Å². The molecule has 0 atom stereocenters. The molecule has 13 heavy (non-hydrogen) atoms. The summed E-state index contributed by atoms with van der Waals surface area (Å²) in [5, 5.41) is 2.66. The van der Waals surface area contributed by atoms with Crippen LogP contribution in [-0.4, -0.2) is 31.1 Å². The van der Waals surface area contributed by atoms with E-state index in [4.69, 9.17) is 0 Å². The van der Waals surface area contributed by atoms with Crippen LogP contribution < -0.4 is 5.32 Å². The number of carbonyl (C=O) groups is 1. The van der Waals surface area contributed by atoms with Crippen LogP contribution in [0, 0.1) is 5.41 Å². The Morgan fingerprint density at radius 2 is 1.92 bits per heavy atom. The predicted molar refractivity (Wildman–Crippen MR) is 55.8 cm³/mol. The normalized spacial score (nSPS) is 11.2. The van der Waals surface area contributed by atoms with Crippen molar-refractivity contribution in [2.75, 3.05) is 20.1 Å². The van der Waals surface area contributed by atoms with Crippen molar-refractivity contribution in [2.45, 2.75) is 34.1 Å². The van der Waals surface area contributed by atoms with E-state index in [9.17, 15) is 4.79 Å². The zero-order valence-corrected chi connectivity index (χ0v) is 9.48. The largest absolute Gasteiger partial charge is 0.341 e. The van der Waals surface area contributed by atoms with E-state index in [1.54, 1.807) is 7.05 Å². The summed E-state index contributed by atoms with van der Waals surface area (Å²) in [6, 6.07) is 0.0248. The lowest BCUT2D eigenvalue weighted by atomic mass is 9.96. The zero-order valence-electron chi connectivity index (χ0n) is 9.48. The number of nitrogens with zero attached hydrogens (tertiary/aromatic N) is 1. The molecule has 3 heteroatoms. The maximum Gasteiger partial charge on any atom is 0.317 e. The van der Waals surface area contributed by atoms with E-state index in [2.05, 4.69) is 33.0 Å². The van der Waals surface area contributed by atoms with E-state index in [1.165, 1.54) is 0 Å². The Morgan fingerprint density at radius 1 is 1.38 bits per heavy atom. The van der Waals surface area contributed by atoms with Gasteiger partial charge < -0.3 is 10.2 Å². The predicted octanol–water partition coefficient (Wildman–Crippen LogP) is 2.08. The van der Waals surface area contributed by atoms with Gasteiger partial charge in [-0.3, -0.25) is 0 Å². The molecule has 0 radical (unpaired) electrons. The van der Waals surface area contributed by atoms with E-state index in [-0.39, 0.29) is 11.4 Å². The Morgan fingerprint density at radius 3 is 2.23 bits per heavy atom. The van der Waals surface area contributed by atoms with Crippen LogP contribution in [0.4, 0.5) is 4.79 Å². The SMILES string of the molecule is CCCN(CC(C)(C)C)C(=O)NC. The van der Waals surface area contributed by atoms with Crippen LogP contribution in [0.3, 0.4) is 0 Å². The minimum absolute atomic E-state index is 0.0248. The number of carbonyl (C=O) groups excluding carboxylic acids is 1. The van der Waals surface area contributed by atoms with Crippen LogP contribution in [0.25, 0.3) is 0 Å². The summed E-state index contributed by atoms with van der Waals surface area (Å²) in [4.78, 5) is 13.3. The van der Waals surface area contributed by atoms with Crippen LogP contribution in [0.1, 0.15) is 34.1 Å². The van der Waals surface area contributed by atoms with Crippen LogP contribution in [-0.2, 0) is 0 Å². The highest BCUT2D eigenvalue weighted by atomic mass is 16.2. The Bertz CT molecular complexity index is 161. The topological polar surface area (TPSA) is 32.3 Å². The summed E-state index contributed by atoms with van der Waals surface area (Å²) in [7, 11) is 1.67. The minimum Gasteiger partial charge on any atom is -0.341 e. The fourth-order valence-electron chi connectivity index (χ4n) is 1.25. The second-order valence-electron chi connectivity index (χ2n) is 4.54. The van der Waals surface area contributed by atoms with Crippen molar-refractivity contribution in [3.63, 3.8) is 0 Å². The van der Waals surface area contributed by atoms with Gasteiger partial charge in [-0.15, -0.1) is 0 Å². The van der Waals surface area contributed by atoms with Crippen molar-refractivity contribution >= 4 is 6.03 Å². The molecule has 1 N–H and O–H groups in total. The fourth-order valence-corrected chi connectivity index (χ4v) is 1.25. The first-order valence-electron chi connectivity index (χ1n) is 4.87. The lowest BCUT2D eigenvalue weighted by Gasteiger charge is -2.29. The number of amides is 2. The average Bonchev–Trinajstić information content (AvgIpc) is 2.00. The van der Waals surface area contributed by atoms with Crippen molar-refractivity contribution in [2.24, 2.45) is 5.41 Å². The van der Waals surface area contributed by atoms with Gasteiger partial charge >= 0.3 is 6.03 Å². The van der Waals surface area contributed by atoms with Gasteiger partial charge in [0.15, 0.2) is 0 Å². The molecule has 0 saturated heterocycles. The van der Waals surface area contributed by atoms with Gasteiger partial charge in [0.25, 0.3) is 0 Å². The number of hydrogen-bond donors (Lipinski definition) is 1. The average molecular weight is 186 g/mol. The highest BCUT2D eigenvalue weighted by molar-refractivity contribution is 5.73. The third kappa shape index (κ3) is 5.50. The highest BCUT2D eigenvalue weighted by Gasteiger charge is 2.18. The summed E-state index contributed by atoms with van der Waals surface area (Å²) in [5.41, 5.74) is 0.168. The number of urea groups is 1. The Balaban J connectivity index is 4.17. The van der Waals surface area contributed by atoms with Crippen molar-refractivity contribution < 1.29 is 4.79 Å². The summed E-state index contributed by atoms with van der Waals surface area (Å²) in [5.74, 6) is 0. The lowest BCUT2D eigenvalue weighted by Crippen LogP contribution is -2.43. The van der Waals surface area contributed by atoms with E-state index >= 15 is 0 Å². The smallest absolute Gasteiger partial charge is 0.317 e.